The first kappa shape index (κ1) is 33.3. The summed E-state index contributed by atoms with van der Waals surface area (Å²) in [6.07, 6.45) is 0. The van der Waals surface area contributed by atoms with Crippen LogP contribution in [0.4, 0.5) is 17.1 Å². The molecule has 0 fully saturated rings. The van der Waals surface area contributed by atoms with E-state index < -0.39 is 0 Å². The molecule has 0 bridgehead atoms. The Bertz CT molecular complexity index is 3340. The zero-order valence-corrected chi connectivity index (χ0v) is 33.2. The minimum absolute atomic E-state index is 0.120. The molecule has 2 aliphatic rings. The van der Waals surface area contributed by atoms with Crippen LogP contribution in [0.2, 0.25) is 0 Å². The first-order valence-electron chi connectivity index (χ1n) is 20.5. The highest BCUT2D eigenvalue weighted by Gasteiger charge is 2.38. The van der Waals surface area contributed by atoms with Gasteiger partial charge in [0.25, 0.3) is 0 Å². The minimum atomic E-state index is -0.161. The molecule has 0 radical (unpaired) electrons. The van der Waals surface area contributed by atoms with E-state index in [0.717, 1.165) is 22.7 Å². The van der Waals surface area contributed by atoms with Crippen LogP contribution in [0.5, 0.6) is 0 Å². The van der Waals surface area contributed by atoms with E-state index in [0.29, 0.717) is 0 Å². The van der Waals surface area contributed by atoms with Crippen molar-refractivity contribution in [1.82, 2.24) is 4.57 Å². The second kappa shape index (κ2) is 11.8. The second-order valence-electron chi connectivity index (χ2n) is 17.4. The molecular weight excluding hydrogens is 701 g/mol. The van der Waals surface area contributed by atoms with Gasteiger partial charge in [-0.2, -0.15) is 0 Å². The molecule has 2 heteroatoms. The monoisotopic (exact) mass is 742 g/mol. The summed E-state index contributed by atoms with van der Waals surface area (Å²) in [6.45, 7) is 9.54. The third kappa shape index (κ3) is 4.60. The maximum Gasteiger partial charge on any atom is 0.0547 e. The molecule has 9 aromatic carbocycles. The lowest BCUT2D eigenvalue weighted by molar-refractivity contribution is 0.660. The molecule has 0 unspecified atom stereocenters. The standard InChI is InChI=1S/C56H42N2/c1-55(2)49-21-13-12-20-43(49)44-25-22-41(33-51(44)55)57(42-23-26-45-46-28-35-14-8-10-16-37(35)30-50(46)56(3,4)52(45)34-42)40-24-27-53-48(32-40)47-29-36-15-9-11-17-38(36)31-54(47)58(53)39-18-6-5-7-19-39/h5-34H,1-4H3. The molecule has 0 spiro atoms. The van der Waals surface area contributed by atoms with E-state index in [9.17, 15) is 0 Å². The minimum Gasteiger partial charge on any atom is -0.310 e. The van der Waals surface area contributed by atoms with Crippen molar-refractivity contribution in [2.75, 3.05) is 4.90 Å². The quantitative estimate of drug-likeness (QED) is 0.174. The van der Waals surface area contributed by atoms with Crippen molar-refractivity contribution in [3.8, 4) is 27.9 Å². The lowest BCUT2D eigenvalue weighted by Crippen LogP contribution is -2.18. The molecule has 276 valence electrons. The van der Waals surface area contributed by atoms with Crippen molar-refractivity contribution >= 4 is 60.4 Å². The normalized spacial score (nSPS) is 14.5. The van der Waals surface area contributed by atoms with Gasteiger partial charge in [-0.3, -0.25) is 0 Å². The van der Waals surface area contributed by atoms with Crippen LogP contribution in [0, 0.1) is 0 Å². The Hall–Kier alpha value is -6.90. The lowest BCUT2D eigenvalue weighted by Gasteiger charge is -2.30. The maximum absolute atomic E-state index is 2.50. The van der Waals surface area contributed by atoms with Crippen LogP contribution in [-0.2, 0) is 10.8 Å². The van der Waals surface area contributed by atoms with Crippen LogP contribution in [-0.4, -0.2) is 4.57 Å². The Morgan fingerprint density at radius 2 is 0.828 bits per heavy atom. The lowest BCUT2D eigenvalue weighted by atomic mass is 9.81. The molecule has 1 heterocycles. The smallest absolute Gasteiger partial charge is 0.0547 e. The van der Waals surface area contributed by atoms with E-state index in [1.165, 1.54) is 87.9 Å². The van der Waals surface area contributed by atoms with Gasteiger partial charge in [0.2, 0.25) is 0 Å². The zero-order chi connectivity index (χ0) is 38.9. The average molecular weight is 743 g/mol. The largest absolute Gasteiger partial charge is 0.310 e. The predicted octanol–water partition coefficient (Wildman–Crippen LogP) is 15.2. The molecule has 0 atom stereocenters. The summed E-state index contributed by atoms with van der Waals surface area (Å²) in [4.78, 5) is 2.50. The van der Waals surface area contributed by atoms with Crippen molar-refractivity contribution < 1.29 is 0 Å². The highest BCUT2D eigenvalue weighted by Crippen LogP contribution is 2.54. The second-order valence-corrected chi connectivity index (χ2v) is 17.4. The third-order valence-electron chi connectivity index (χ3n) is 13.5. The summed E-state index contributed by atoms with van der Waals surface area (Å²) in [7, 11) is 0. The molecule has 12 rings (SSSR count). The van der Waals surface area contributed by atoms with Gasteiger partial charge in [-0.25, -0.2) is 0 Å². The van der Waals surface area contributed by atoms with Gasteiger partial charge >= 0.3 is 0 Å². The van der Waals surface area contributed by atoms with Gasteiger partial charge in [-0.05, 0) is 145 Å². The van der Waals surface area contributed by atoms with E-state index >= 15 is 0 Å². The van der Waals surface area contributed by atoms with Gasteiger partial charge in [-0.15, -0.1) is 0 Å². The summed E-state index contributed by atoms with van der Waals surface area (Å²) in [6, 6.07) is 68.2. The molecule has 0 amide bonds. The van der Waals surface area contributed by atoms with Crippen molar-refractivity contribution in [3.05, 3.63) is 204 Å². The molecule has 0 N–H and O–H groups in total. The summed E-state index contributed by atoms with van der Waals surface area (Å²) in [5.41, 5.74) is 17.6. The third-order valence-corrected chi connectivity index (χ3v) is 13.5. The van der Waals surface area contributed by atoms with Gasteiger partial charge in [0.1, 0.15) is 0 Å². The zero-order valence-electron chi connectivity index (χ0n) is 33.2. The van der Waals surface area contributed by atoms with Crippen LogP contribution >= 0.6 is 0 Å². The summed E-state index contributed by atoms with van der Waals surface area (Å²) in [5.74, 6) is 0. The topological polar surface area (TPSA) is 8.17 Å². The first-order valence-corrected chi connectivity index (χ1v) is 20.5. The fourth-order valence-electron chi connectivity index (χ4n) is 10.5. The number of anilines is 3. The number of fused-ring (bicyclic) bond motifs is 11. The fraction of sp³-hybridized carbons (Fsp3) is 0.107. The Morgan fingerprint density at radius 1 is 0.345 bits per heavy atom. The number of nitrogens with zero attached hydrogens (tertiary/aromatic N) is 2. The molecule has 0 aliphatic heterocycles. The van der Waals surface area contributed by atoms with Gasteiger partial charge in [0.15, 0.2) is 0 Å². The van der Waals surface area contributed by atoms with Crippen molar-refractivity contribution in [3.63, 3.8) is 0 Å². The number of rotatable bonds is 4. The van der Waals surface area contributed by atoms with Gasteiger partial charge in [0.05, 0.1) is 11.0 Å². The van der Waals surface area contributed by atoms with Gasteiger partial charge < -0.3 is 9.47 Å². The van der Waals surface area contributed by atoms with Crippen molar-refractivity contribution in [1.29, 1.82) is 0 Å². The van der Waals surface area contributed by atoms with Crippen LogP contribution in [0.3, 0.4) is 0 Å². The number of para-hydroxylation sites is 1. The van der Waals surface area contributed by atoms with Crippen molar-refractivity contribution in [2.24, 2.45) is 0 Å². The highest BCUT2D eigenvalue weighted by atomic mass is 15.1. The Labute approximate surface area is 339 Å². The number of hydrogen-bond acceptors (Lipinski definition) is 1. The molecule has 1 aromatic heterocycles. The summed E-state index contributed by atoms with van der Waals surface area (Å²) < 4.78 is 2.43. The highest BCUT2D eigenvalue weighted by molar-refractivity contribution is 6.14. The number of aromatic nitrogens is 1. The fourth-order valence-corrected chi connectivity index (χ4v) is 10.5. The Balaban J connectivity index is 1.11. The maximum atomic E-state index is 2.50. The molecule has 10 aromatic rings. The molecule has 2 nitrogen and oxygen atoms in total. The van der Waals surface area contributed by atoms with Gasteiger partial charge in [-0.1, -0.05) is 131 Å². The van der Waals surface area contributed by atoms with Gasteiger partial charge in [0, 0.05) is 44.4 Å². The first-order chi connectivity index (χ1) is 28.3. The molecular formula is C56H42N2. The van der Waals surface area contributed by atoms with Crippen LogP contribution in [0.25, 0.3) is 71.3 Å². The molecule has 2 aliphatic carbocycles. The SMILES string of the molecule is CC1(C)c2ccccc2-c2ccc(N(c3ccc4c(c3)C(C)(C)c3cc5ccccc5cc3-4)c3ccc4c(c3)c3cc5ccccc5cc3n4-c3ccccc3)cc21. The van der Waals surface area contributed by atoms with E-state index in [2.05, 4.69) is 219 Å². The average Bonchev–Trinajstić information content (AvgIpc) is 3.78. The number of benzene rings is 9. The predicted molar refractivity (Wildman–Crippen MR) is 246 cm³/mol. The summed E-state index contributed by atoms with van der Waals surface area (Å²) in [5, 5.41) is 7.56. The summed E-state index contributed by atoms with van der Waals surface area (Å²) >= 11 is 0. The van der Waals surface area contributed by atoms with Crippen LogP contribution < -0.4 is 4.90 Å². The van der Waals surface area contributed by atoms with Crippen LogP contribution in [0.1, 0.15) is 49.9 Å². The van der Waals surface area contributed by atoms with E-state index in [4.69, 9.17) is 0 Å². The van der Waals surface area contributed by atoms with E-state index in [1.54, 1.807) is 0 Å². The van der Waals surface area contributed by atoms with Crippen LogP contribution in [0.15, 0.2) is 182 Å². The molecule has 58 heavy (non-hydrogen) atoms. The Kier molecular flexibility index (Phi) is 6.78. The van der Waals surface area contributed by atoms with Crippen molar-refractivity contribution in [2.45, 2.75) is 38.5 Å². The Morgan fingerprint density at radius 3 is 1.53 bits per heavy atom. The molecule has 0 saturated carbocycles. The van der Waals surface area contributed by atoms with E-state index in [1.807, 2.05) is 0 Å². The number of hydrogen-bond donors (Lipinski definition) is 0. The molecule has 0 saturated heterocycles. The van der Waals surface area contributed by atoms with E-state index in [-0.39, 0.29) is 10.8 Å².